The second kappa shape index (κ2) is 6.34. The Balaban J connectivity index is 2.42. The van der Waals surface area contributed by atoms with E-state index >= 15 is 0 Å². The van der Waals surface area contributed by atoms with Gasteiger partial charge in [0.05, 0.1) is 6.61 Å². The third kappa shape index (κ3) is 3.57. The van der Waals surface area contributed by atoms with Gasteiger partial charge in [0, 0.05) is 10.0 Å². The largest absolute Gasteiger partial charge is 0.392 e. The van der Waals surface area contributed by atoms with Crippen molar-refractivity contribution in [2.24, 2.45) is 0 Å². The molecule has 0 spiro atoms. The van der Waals surface area contributed by atoms with E-state index < -0.39 is 27.3 Å². The minimum absolute atomic E-state index is 0.0665. The van der Waals surface area contributed by atoms with E-state index in [2.05, 4.69) is 30.8 Å². The molecule has 0 unspecified atom stereocenters. The van der Waals surface area contributed by atoms with E-state index in [1.54, 1.807) is 0 Å². The van der Waals surface area contributed by atoms with Crippen LogP contribution in [-0.2, 0) is 23.1 Å². The van der Waals surface area contributed by atoms with Crippen molar-refractivity contribution in [3.05, 3.63) is 33.0 Å². The summed E-state index contributed by atoms with van der Waals surface area (Å²) in [7, 11) is -4.15. The number of sulfonamides is 1. The molecule has 1 aromatic carbocycles. The lowest BCUT2D eigenvalue weighted by atomic mass is 10.2. The number of aliphatic hydroxyl groups is 1. The summed E-state index contributed by atoms with van der Waals surface area (Å²) in [6.07, 6.45) is 0.624. The van der Waals surface area contributed by atoms with Gasteiger partial charge in [-0.15, -0.1) is 10.2 Å². The number of halogens is 2. The number of aryl methyl sites for hydroxylation is 1. The maximum atomic E-state index is 14.1. The van der Waals surface area contributed by atoms with Crippen molar-refractivity contribution in [3.8, 4) is 0 Å². The summed E-state index contributed by atoms with van der Waals surface area (Å²) in [6.45, 7) is 1.26. The molecule has 1 heterocycles. The van der Waals surface area contributed by atoms with Gasteiger partial charge in [-0.2, -0.15) is 0 Å². The number of hydrogen-bond donors (Lipinski definition) is 2. The first kappa shape index (κ1) is 16.3. The van der Waals surface area contributed by atoms with Crippen molar-refractivity contribution in [2.45, 2.75) is 24.8 Å². The highest BCUT2D eigenvalue weighted by atomic mass is 79.9. The molecule has 0 amide bonds. The molecule has 2 rings (SSSR count). The van der Waals surface area contributed by atoms with Gasteiger partial charge < -0.3 is 5.11 Å². The molecule has 2 N–H and O–H groups in total. The maximum Gasteiger partial charge on any atom is 0.266 e. The van der Waals surface area contributed by atoms with Crippen LogP contribution < -0.4 is 4.72 Å². The standard InChI is InChI=1S/C11H11BrFN3O3S2/c1-2-9-14-15-11(20-9)16-21(18,19)8-4-7(12)3-6(5-17)10(8)13/h3-4,17H,2,5H2,1H3,(H,15,16). The number of benzene rings is 1. The van der Waals surface area contributed by atoms with Gasteiger partial charge >= 0.3 is 0 Å². The van der Waals surface area contributed by atoms with Crippen molar-refractivity contribution in [1.82, 2.24) is 10.2 Å². The lowest BCUT2D eigenvalue weighted by Gasteiger charge is -2.09. The maximum absolute atomic E-state index is 14.1. The molecule has 0 bridgehead atoms. The number of nitrogens with one attached hydrogen (secondary N) is 1. The number of aromatic nitrogens is 2. The van der Waals surface area contributed by atoms with Crippen LogP contribution in [0.15, 0.2) is 21.5 Å². The minimum Gasteiger partial charge on any atom is -0.392 e. The van der Waals surface area contributed by atoms with Crippen LogP contribution >= 0.6 is 27.3 Å². The first-order valence-corrected chi connectivity index (χ1v) is 8.90. The Bertz CT molecular complexity index is 764. The van der Waals surface area contributed by atoms with Crippen molar-refractivity contribution in [1.29, 1.82) is 0 Å². The van der Waals surface area contributed by atoms with Crippen LogP contribution in [0.1, 0.15) is 17.5 Å². The molecule has 0 atom stereocenters. The van der Waals surface area contributed by atoms with Crippen LogP contribution in [0.2, 0.25) is 0 Å². The van der Waals surface area contributed by atoms with E-state index in [4.69, 9.17) is 5.11 Å². The second-order valence-corrected chi connectivity index (χ2v) is 7.62. The van der Waals surface area contributed by atoms with Gasteiger partial charge in [-0.25, -0.2) is 12.8 Å². The van der Waals surface area contributed by atoms with Crippen molar-refractivity contribution in [3.63, 3.8) is 0 Å². The third-order valence-corrected chi connectivity index (χ3v) is 5.44. The zero-order valence-corrected chi connectivity index (χ0v) is 14.0. The Labute approximate surface area is 133 Å². The van der Waals surface area contributed by atoms with Crippen LogP contribution in [-0.4, -0.2) is 23.7 Å². The number of hydrogen-bond acceptors (Lipinski definition) is 6. The lowest BCUT2D eigenvalue weighted by molar-refractivity contribution is 0.274. The Morgan fingerprint density at radius 2 is 2.14 bits per heavy atom. The molecule has 0 aliphatic rings. The third-order valence-electron chi connectivity index (χ3n) is 2.53. The molecule has 0 radical (unpaired) electrons. The first-order valence-electron chi connectivity index (χ1n) is 5.81. The molecule has 2 aromatic rings. The van der Waals surface area contributed by atoms with E-state index in [0.29, 0.717) is 15.9 Å². The quantitative estimate of drug-likeness (QED) is 0.809. The van der Waals surface area contributed by atoms with Crippen LogP contribution in [0, 0.1) is 5.82 Å². The fourth-order valence-electron chi connectivity index (χ4n) is 1.54. The van der Waals surface area contributed by atoms with E-state index in [1.165, 1.54) is 6.07 Å². The van der Waals surface area contributed by atoms with E-state index in [1.807, 2.05) is 6.92 Å². The molecular formula is C11H11BrFN3O3S2. The predicted molar refractivity (Wildman–Crippen MR) is 80.1 cm³/mol. The zero-order valence-electron chi connectivity index (χ0n) is 10.8. The molecule has 10 heteroatoms. The fraction of sp³-hybridized carbons (Fsp3) is 0.273. The van der Waals surface area contributed by atoms with E-state index in [-0.39, 0.29) is 10.7 Å². The summed E-state index contributed by atoms with van der Waals surface area (Å²) in [6, 6.07) is 2.44. The second-order valence-electron chi connectivity index (χ2n) is 4.00. The van der Waals surface area contributed by atoms with Gasteiger partial charge in [-0.05, 0) is 18.6 Å². The van der Waals surface area contributed by atoms with Crippen molar-refractivity contribution < 1.29 is 17.9 Å². The molecule has 114 valence electrons. The van der Waals surface area contributed by atoms with Gasteiger partial charge in [0.1, 0.15) is 15.7 Å². The number of nitrogens with zero attached hydrogens (tertiary/aromatic N) is 2. The van der Waals surface area contributed by atoms with E-state index in [0.717, 1.165) is 17.4 Å². The Morgan fingerprint density at radius 1 is 1.43 bits per heavy atom. The molecule has 0 aliphatic heterocycles. The van der Waals surface area contributed by atoms with Gasteiger partial charge in [-0.1, -0.05) is 34.2 Å². The van der Waals surface area contributed by atoms with Crippen molar-refractivity contribution in [2.75, 3.05) is 4.72 Å². The normalized spacial score (nSPS) is 11.6. The number of aliphatic hydroxyl groups excluding tert-OH is 1. The summed E-state index contributed by atoms with van der Waals surface area (Å²) in [5, 5.41) is 17.3. The number of rotatable bonds is 5. The summed E-state index contributed by atoms with van der Waals surface area (Å²) < 4.78 is 41.1. The predicted octanol–water partition coefficient (Wildman–Crippen LogP) is 2.30. The summed E-state index contributed by atoms with van der Waals surface area (Å²) in [5.41, 5.74) is -0.115. The SMILES string of the molecule is CCc1nnc(NS(=O)(=O)c2cc(Br)cc(CO)c2F)s1. The zero-order chi connectivity index (χ0) is 15.6. The van der Waals surface area contributed by atoms with Crippen molar-refractivity contribution >= 4 is 42.4 Å². The fourth-order valence-corrected chi connectivity index (χ4v) is 4.25. The average Bonchev–Trinajstić information content (AvgIpc) is 2.87. The monoisotopic (exact) mass is 395 g/mol. The Kier molecular flexibility index (Phi) is 4.91. The average molecular weight is 396 g/mol. The molecule has 0 saturated heterocycles. The van der Waals surface area contributed by atoms with Gasteiger partial charge in [0.2, 0.25) is 5.13 Å². The van der Waals surface area contributed by atoms with Gasteiger partial charge in [0.25, 0.3) is 10.0 Å². The number of anilines is 1. The summed E-state index contributed by atoms with van der Waals surface area (Å²) in [4.78, 5) is -0.561. The van der Waals surface area contributed by atoms with Crippen LogP contribution in [0.4, 0.5) is 9.52 Å². The Hall–Kier alpha value is -1.10. The minimum atomic E-state index is -4.15. The molecule has 21 heavy (non-hydrogen) atoms. The van der Waals surface area contributed by atoms with Crippen LogP contribution in [0.25, 0.3) is 0 Å². The highest BCUT2D eigenvalue weighted by molar-refractivity contribution is 9.10. The van der Waals surface area contributed by atoms with Crippen LogP contribution in [0.5, 0.6) is 0 Å². The van der Waals surface area contributed by atoms with E-state index in [9.17, 15) is 12.8 Å². The Morgan fingerprint density at radius 3 is 2.71 bits per heavy atom. The molecule has 0 saturated carbocycles. The molecular weight excluding hydrogens is 385 g/mol. The smallest absolute Gasteiger partial charge is 0.266 e. The van der Waals surface area contributed by atoms with Crippen LogP contribution in [0.3, 0.4) is 0 Å². The summed E-state index contributed by atoms with van der Waals surface area (Å²) in [5.74, 6) is -0.992. The highest BCUT2D eigenvalue weighted by Crippen LogP contribution is 2.27. The first-order chi connectivity index (χ1) is 9.87. The van der Waals surface area contributed by atoms with Gasteiger partial charge in [0.15, 0.2) is 0 Å². The lowest BCUT2D eigenvalue weighted by Crippen LogP contribution is -2.15. The van der Waals surface area contributed by atoms with Gasteiger partial charge in [-0.3, -0.25) is 4.72 Å². The summed E-state index contributed by atoms with van der Waals surface area (Å²) >= 11 is 4.16. The molecule has 0 aliphatic carbocycles. The topological polar surface area (TPSA) is 92.2 Å². The molecule has 1 aromatic heterocycles. The highest BCUT2D eigenvalue weighted by Gasteiger charge is 2.23. The molecule has 6 nitrogen and oxygen atoms in total. The molecule has 0 fully saturated rings.